The van der Waals surface area contributed by atoms with Crippen molar-refractivity contribution in [3.63, 3.8) is 0 Å². The fourth-order valence-electron chi connectivity index (χ4n) is 0.818. The van der Waals surface area contributed by atoms with Gasteiger partial charge in [0.25, 0.3) is 0 Å². The minimum atomic E-state index is -4.43. The molecule has 0 aromatic heterocycles. The lowest BCUT2D eigenvalue weighted by atomic mass is 10.2. The molecule has 1 rings (SSSR count). The molecule has 0 atom stereocenters. The van der Waals surface area contributed by atoms with Crippen LogP contribution < -0.4 is 4.43 Å². The van der Waals surface area contributed by atoms with Gasteiger partial charge in [0.2, 0.25) is 0 Å². The molecule has 0 unspecified atom stereocenters. The highest BCUT2D eigenvalue weighted by Crippen LogP contribution is 2.17. The molecule has 66 valence electrons. The maximum atomic E-state index is 8.62. The van der Waals surface area contributed by atoms with Crippen molar-refractivity contribution in [1.29, 1.82) is 0 Å². The lowest BCUT2D eigenvalue weighted by Gasteiger charge is -2.12. The van der Waals surface area contributed by atoms with Gasteiger partial charge in [0.1, 0.15) is 5.75 Å². The third-order valence-electron chi connectivity index (χ3n) is 1.34. The summed E-state index contributed by atoms with van der Waals surface area (Å²) >= 11 is 0. The van der Waals surface area contributed by atoms with Gasteiger partial charge in [-0.25, -0.2) is 0 Å². The second kappa shape index (κ2) is 3.24. The monoisotopic (exact) mass is 186 g/mol. The van der Waals surface area contributed by atoms with Crippen molar-refractivity contribution < 1.29 is 18.8 Å². The highest BCUT2D eigenvalue weighted by molar-refractivity contribution is 6.49. The number of benzene rings is 1. The molecule has 0 aliphatic heterocycles. The molecule has 1 aromatic rings. The summed E-state index contributed by atoms with van der Waals surface area (Å²) in [7, 11) is -4.43. The quantitative estimate of drug-likeness (QED) is 0.559. The van der Waals surface area contributed by atoms with Crippen molar-refractivity contribution in [3.05, 3.63) is 29.8 Å². The second-order valence-corrected chi connectivity index (χ2v) is 3.79. The molecule has 0 fully saturated rings. The number of hydrogen-bond acceptors (Lipinski definition) is 4. The Morgan fingerprint density at radius 3 is 2.25 bits per heavy atom. The molecule has 0 heterocycles. The fourth-order valence-corrected chi connectivity index (χ4v) is 1.34. The first-order valence-corrected chi connectivity index (χ1v) is 5.16. The molecule has 0 spiro atoms. The van der Waals surface area contributed by atoms with Gasteiger partial charge in [-0.05, 0) is 18.6 Å². The molecule has 0 aliphatic carbocycles. The summed E-state index contributed by atoms with van der Waals surface area (Å²) in [5.41, 5.74) is 0.742. The van der Waals surface area contributed by atoms with E-state index in [1.807, 2.05) is 0 Å². The van der Waals surface area contributed by atoms with E-state index in [0.29, 0.717) is 0 Å². The summed E-state index contributed by atoms with van der Waals surface area (Å²) in [4.78, 5) is 25.9. The SMILES string of the molecule is Cc1ccccc1O[Si](O)(O)O. The topological polar surface area (TPSA) is 69.9 Å². The molecule has 12 heavy (non-hydrogen) atoms. The number of hydrogen-bond donors (Lipinski definition) is 3. The van der Waals surface area contributed by atoms with Crippen LogP contribution in [-0.2, 0) is 0 Å². The Hall–Kier alpha value is -0.883. The fraction of sp³-hybridized carbons (Fsp3) is 0.143. The Labute approximate surface area is 71.2 Å². The highest BCUT2D eigenvalue weighted by Gasteiger charge is 2.33. The minimum absolute atomic E-state index is 0.289. The van der Waals surface area contributed by atoms with Gasteiger partial charge in [0, 0.05) is 0 Å². The molecule has 0 aliphatic rings. The Morgan fingerprint density at radius 1 is 1.17 bits per heavy atom. The van der Waals surface area contributed by atoms with Crippen molar-refractivity contribution in [3.8, 4) is 5.75 Å². The molecular weight excluding hydrogens is 176 g/mol. The predicted molar refractivity (Wildman–Crippen MR) is 44.2 cm³/mol. The van der Waals surface area contributed by atoms with Crippen LogP contribution in [0.3, 0.4) is 0 Å². The Kier molecular flexibility index (Phi) is 2.48. The van der Waals surface area contributed by atoms with Crippen molar-refractivity contribution in [2.75, 3.05) is 0 Å². The van der Waals surface area contributed by atoms with Crippen LogP contribution in [0.25, 0.3) is 0 Å². The van der Waals surface area contributed by atoms with Crippen molar-refractivity contribution in [1.82, 2.24) is 0 Å². The standard InChI is InChI=1S/C7H10O4Si/c1-6-4-2-3-5-7(6)11-12(8,9)10/h2-5,8-10H,1H3. The average molecular weight is 186 g/mol. The van der Waals surface area contributed by atoms with E-state index >= 15 is 0 Å². The first-order valence-electron chi connectivity index (χ1n) is 3.41. The number of para-hydroxylation sites is 1. The first-order chi connectivity index (χ1) is 5.49. The third-order valence-corrected chi connectivity index (χ3v) is 1.83. The zero-order valence-electron chi connectivity index (χ0n) is 6.56. The van der Waals surface area contributed by atoms with E-state index in [4.69, 9.17) is 14.4 Å². The summed E-state index contributed by atoms with van der Waals surface area (Å²) in [5, 5.41) is 0. The van der Waals surface area contributed by atoms with Crippen LogP contribution in [0, 0.1) is 6.92 Å². The summed E-state index contributed by atoms with van der Waals surface area (Å²) in [6.07, 6.45) is 0. The Bertz CT molecular complexity index is 268. The van der Waals surface area contributed by atoms with Crippen LogP contribution in [0.15, 0.2) is 24.3 Å². The molecule has 0 amide bonds. The first kappa shape index (κ1) is 9.21. The molecule has 5 heteroatoms. The average Bonchev–Trinajstić information content (AvgIpc) is 1.91. The van der Waals surface area contributed by atoms with Gasteiger partial charge in [0.15, 0.2) is 0 Å². The van der Waals surface area contributed by atoms with Crippen molar-refractivity contribution in [2.24, 2.45) is 0 Å². The van der Waals surface area contributed by atoms with Gasteiger partial charge in [-0.15, -0.1) is 0 Å². The van der Waals surface area contributed by atoms with Gasteiger partial charge < -0.3 is 18.8 Å². The molecule has 0 saturated carbocycles. The number of aryl methyl sites for hydroxylation is 1. The lowest BCUT2D eigenvalue weighted by molar-refractivity contribution is 0.128. The van der Waals surface area contributed by atoms with E-state index in [-0.39, 0.29) is 5.75 Å². The van der Waals surface area contributed by atoms with Gasteiger partial charge in [-0.2, -0.15) is 0 Å². The smallest absolute Gasteiger partial charge is 0.480 e. The van der Waals surface area contributed by atoms with Crippen molar-refractivity contribution >= 4 is 9.05 Å². The highest BCUT2D eigenvalue weighted by atomic mass is 28.4. The van der Waals surface area contributed by atoms with Crippen LogP contribution >= 0.6 is 0 Å². The van der Waals surface area contributed by atoms with Crippen LogP contribution in [0.2, 0.25) is 0 Å². The van der Waals surface area contributed by atoms with E-state index in [9.17, 15) is 0 Å². The number of rotatable bonds is 2. The minimum Gasteiger partial charge on any atom is -0.480 e. The van der Waals surface area contributed by atoms with Gasteiger partial charge >= 0.3 is 9.05 Å². The summed E-state index contributed by atoms with van der Waals surface area (Å²) < 4.78 is 4.54. The molecule has 0 saturated heterocycles. The van der Waals surface area contributed by atoms with E-state index in [0.717, 1.165) is 5.56 Å². The molecule has 3 N–H and O–H groups in total. The van der Waals surface area contributed by atoms with E-state index in [2.05, 4.69) is 4.43 Å². The third kappa shape index (κ3) is 2.63. The van der Waals surface area contributed by atoms with E-state index in [1.165, 1.54) is 0 Å². The Balaban J connectivity index is 2.83. The summed E-state index contributed by atoms with van der Waals surface area (Å²) in [5.74, 6) is 0.289. The van der Waals surface area contributed by atoms with Crippen LogP contribution in [-0.4, -0.2) is 23.4 Å². The van der Waals surface area contributed by atoms with Gasteiger partial charge in [-0.3, -0.25) is 0 Å². The van der Waals surface area contributed by atoms with Crippen LogP contribution in [0.4, 0.5) is 0 Å². The molecule has 0 bridgehead atoms. The normalized spacial score (nSPS) is 11.3. The maximum absolute atomic E-state index is 8.62. The molecule has 4 nitrogen and oxygen atoms in total. The van der Waals surface area contributed by atoms with Gasteiger partial charge in [0.05, 0.1) is 0 Å². The molecule has 0 radical (unpaired) electrons. The predicted octanol–water partition coefficient (Wildman–Crippen LogP) is -0.214. The van der Waals surface area contributed by atoms with Crippen LogP contribution in [0.5, 0.6) is 5.75 Å². The van der Waals surface area contributed by atoms with E-state index < -0.39 is 9.05 Å². The van der Waals surface area contributed by atoms with E-state index in [1.54, 1.807) is 31.2 Å². The second-order valence-electron chi connectivity index (χ2n) is 2.44. The maximum Gasteiger partial charge on any atom is 0.741 e. The Morgan fingerprint density at radius 2 is 1.75 bits per heavy atom. The van der Waals surface area contributed by atoms with Gasteiger partial charge in [-0.1, -0.05) is 18.2 Å². The lowest BCUT2D eigenvalue weighted by Crippen LogP contribution is -2.42. The molecule has 1 aromatic carbocycles. The zero-order valence-corrected chi connectivity index (χ0v) is 7.56. The summed E-state index contributed by atoms with van der Waals surface area (Å²) in [6.45, 7) is 1.75. The summed E-state index contributed by atoms with van der Waals surface area (Å²) in [6, 6.07) is 6.77. The largest absolute Gasteiger partial charge is 0.741 e. The molecular formula is C7H10O4Si. The van der Waals surface area contributed by atoms with Crippen molar-refractivity contribution in [2.45, 2.75) is 6.92 Å². The zero-order chi connectivity index (χ0) is 9.19. The van der Waals surface area contributed by atoms with Crippen LogP contribution in [0.1, 0.15) is 5.56 Å².